The van der Waals surface area contributed by atoms with Gasteiger partial charge in [-0.1, -0.05) is 13.3 Å². The Morgan fingerprint density at radius 1 is 1.19 bits per heavy atom. The number of pyridine rings is 1. The zero-order valence-corrected chi connectivity index (χ0v) is 28.9. The molecule has 3 unspecified atom stereocenters. The molecule has 2 aliphatic rings. The smallest absolute Gasteiger partial charge is 0.268 e. The molecule has 42 heavy (non-hydrogen) atoms. The fourth-order valence-corrected chi connectivity index (χ4v) is 8.31. The Bertz CT molecular complexity index is 1610. The predicted molar refractivity (Wildman–Crippen MR) is 173 cm³/mol. The van der Waals surface area contributed by atoms with E-state index in [2.05, 4.69) is 68.3 Å². The van der Waals surface area contributed by atoms with Crippen LogP contribution >= 0.6 is 27.7 Å². The molecule has 1 amide bonds. The van der Waals surface area contributed by atoms with Crippen molar-refractivity contribution in [3.63, 3.8) is 0 Å². The number of carbonyl (C=O) groups excluding carboxylic acids is 1. The van der Waals surface area contributed by atoms with Crippen molar-refractivity contribution in [3.05, 3.63) is 41.9 Å². The Balaban J connectivity index is 1.45. The maximum absolute atomic E-state index is 13.5. The van der Waals surface area contributed by atoms with Crippen molar-refractivity contribution >= 4 is 49.5 Å². The van der Waals surface area contributed by atoms with Crippen LogP contribution in [0.4, 0.5) is 5.82 Å². The number of ether oxygens (including phenoxy) is 1. The van der Waals surface area contributed by atoms with Gasteiger partial charge in [0.15, 0.2) is 5.82 Å². The van der Waals surface area contributed by atoms with E-state index in [1.165, 1.54) is 17.3 Å². The van der Waals surface area contributed by atoms with Crippen molar-refractivity contribution in [1.29, 1.82) is 0 Å². The quantitative estimate of drug-likeness (QED) is 0.346. The van der Waals surface area contributed by atoms with Gasteiger partial charge >= 0.3 is 0 Å². The first-order chi connectivity index (χ1) is 19.5. The first-order valence-electron chi connectivity index (χ1n) is 13.9. The number of sulfonamides is 1. The largest absolute Gasteiger partial charge is 0.476 e. The number of amides is 1. The molecule has 1 saturated carbocycles. The minimum absolute atomic E-state index is 0.0317. The highest BCUT2D eigenvalue weighted by Gasteiger charge is 2.48. The number of rotatable bonds is 9. The van der Waals surface area contributed by atoms with Crippen LogP contribution in [0.3, 0.4) is 0 Å². The molecule has 4 heterocycles. The van der Waals surface area contributed by atoms with Gasteiger partial charge in [0.2, 0.25) is 5.88 Å². The average molecular weight is 652 g/mol. The van der Waals surface area contributed by atoms with E-state index in [0.29, 0.717) is 42.3 Å². The van der Waals surface area contributed by atoms with Crippen molar-refractivity contribution in [1.82, 2.24) is 29.3 Å². The van der Waals surface area contributed by atoms with Gasteiger partial charge in [-0.25, -0.2) is 22.8 Å². The average Bonchev–Trinajstić information content (AvgIpc) is 3.53. The van der Waals surface area contributed by atoms with Crippen molar-refractivity contribution in [2.24, 2.45) is 18.4 Å². The van der Waals surface area contributed by atoms with Crippen LogP contribution in [0.15, 0.2) is 35.5 Å². The zero-order valence-electron chi connectivity index (χ0n) is 24.7. The molecule has 4 atom stereocenters. The summed E-state index contributed by atoms with van der Waals surface area (Å²) in [6.45, 7) is 9.16. The summed E-state index contributed by atoms with van der Waals surface area (Å²) in [6, 6.07) is 5.07. The van der Waals surface area contributed by atoms with E-state index in [4.69, 9.17) is 9.72 Å². The molecule has 0 spiro atoms. The fraction of sp³-hybridized carbons (Fsp3) is 0.556. The summed E-state index contributed by atoms with van der Waals surface area (Å²) in [4.78, 5) is 20.4. The van der Waals surface area contributed by atoms with Crippen LogP contribution in [-0.4, -0.2) is 62.2 Å². The Kier molecular flexibility index (Phi) is 8.28. The van der Waals surface area contributed by atoms with Gasteiger partial charge < -0.3 is 9.64 Å². The second-order valence-corrected chi connectivity index (χ2v) is 18.9. The molecule has 1 N–H and O–H groups in total. The third-order valence-corrected chi connectivity index (χ3v) is 11.7. The van der Waals surface area contributed by atoms with E-state index < -0.39 is 15.9 Å². The molecule has 11 nitrogen and oxygen atoms in total. The van der Waals surface area contributed by atoms with Crippen LogP contribution in [-0.2, 0) is 17.1 Å². The summed E-state index contributed by atoms with van der Waals surface area (Å²) in [6.07, 6.45) is 7.39. The van der Waals surface area contributed by atoms with E-state index in [9.17, 15) is 13.2 Å². The van der Waals surface area contributed by atoms with Crippen LogP contribution in [0, 0.1) is 18.3 Å². The molecular weight excluding hydrogens is 611 g/mol. The molecule has 1 saturated heterocycles. The van der Waals surface area contributed by atoms with Crippen LogP contribution in [0.25, 0.3) is 5.82 Å². The number of hydrogen-bond acceptors (Lipinski definition) is 8. The number of nitrogens with one attached hydrogen (secondary N) is 1. The van der Waals surface area contributed by atoms with E-state index in [-0.39, 0.29) is 26.1 Å². The van der Waals surface area contributed by atoms with Gasteiger partial charge in [0, 0.05) is 47.6 Å². The molecule has 1 aliphatic carbocycles. The number of hydrogen-bond donors (Lipinski definition) is 1. The van der Waals surface area contributed by atoms with Gasteiger partial charge in [0.1, 0.15) is 10.7 Å². The third kappa shape index (κ3) is 5.97. The normalized spacial score (nSPS) is 19.9. The molecule has 0 radical (unpaired) electrons. The standard InChI is InChI=1S/C27H40N7O4P3S/c1-17-13-25(3,4)33(14-17)23-19(24(35)31-42(36,37)20-15-32(5)29-18(20)2)7-8-21(28-23)34-12-9-22(30-34)38-16-26(10-6-11-26)27(39,40)41/h7-9,12,15,17H,6,10-11,13-14,16,39-41H2,1-5H3,(H,31,35)/t17-/m0/s1. The summed E-state index contributed by atoms with van der Waals surface area (Å²) in [7, 11) is 6.15. The summed E-state index contributed by atoms with van der Waals surface area (Å²) < 4.78 is 37.5. The van der Waals surface area contributed by atoms with Gasteiger partial charge in [-0.15, -0.1) is 32.8 Å². The predicted octanol–water partition coefficient (Wildman–Crippen LogP) is 3.88. The molecule has 15 heteroatoms. The van der Waals surface area contributed by atoms with Crippen molar-refractivity contribution in [3.8, 4) is 11.7 Å². The monoisotopic (exact) mass is 651 g/mol. The third-order valence-electron chi connectivity index (χ3n) is 8.44. The van der Waals surface area contributed by atoms with E-state index in [1.807, 2.05) is 0 Å². The Morgan fingerprint density at radius 3 is 2.45 bits per heavy atom. The van der Waals surface area contributed by atoms with Gasteiger partial charge in [-0.2, -0.15) is 5.10 Å². The number of anilines is 1. The molecule has 3 aromatic heterocycles. The molecule has 0 aromatic carbocycles. The van der Waals surface area contributed by atoms with Gasteiger partial charge in [0.05, 0.1) is 17.9 Å². The molecule has 228 valence electrons. The number of nitrogens with zero attached hydrogens (tertiary/aromatic N) is 6. The summed E-state index contributed by atoms with van der Waals surface area (Å²) >= 11 is 0. The van der Waals surface area contributed by atoms with Gasteiger partial charge in [-0.05, 0) is 58.1 Å². The molecule has 3 aromatic rings. The SMILES string of the molecule is Cc1nn(C)cc1S(=O)(=O)NC(=O)c1ccc(-n2ccc(OCC3(C(P)(P)P)CCC3)n2)nc1N1C[C@@H](C)CC1(C)C. The van der Waals surface area contributed by atoms with Crippen LogP contribution in [0.2, 0.25) is 0 Å². The minimum atomic E-state index is -4.15. The van der Waals surface area contributed by atoms with E-state index in [0.717, 1.165) is 19.3 Å². The highest BCUT2D eigenvalue weighted by Crippen LogP contribution is 2.60. The van der Waals surface area contributed by atoms with Crippen LogP contribution in [0.1, 0.15) is 62.5 Å². The minimum Gasteiger partial charge on any atom is -0.476 e. The summed E-state index contributed by atoms with van der Waals surface area (Å²) in [5.74, 6) is 0.998. The van der Waals surface area contributed by atoms with Crippen molar-refractivity contribution < 1.29 is 17.9 Å². The summed E-state index contributed by atoms with van der Waals surface area (Å²) in [5, 5.41) is 8.72. The van der Waals surface area contributed by atoms with Gasteiger partial charge in [0.25, 0.3) is 15.9 Å². The van der Waals surface area contributed by atoms with Crippen LogP contribution in [0.5, 0.6) is 5.88 Å². The maximum Gasteiger partial charge on any atom is 0.268 e. The van der Waals surface area contributed by atoms with E-state index >= 15 is 0 Å². The Hall–Kier alpha value is -2.12. The Morgan fingerprint density at radius 2 is 1.90 bits per heavy atom. The van der Waals surface area contributed by atoms with Gasteiger partial charge in [-0.3, -0.25) is 9.48 Å². The topological polar surface area (TPSA) is 124 Å². The number of carbonyl (C=O) groups is 1. The highest BCUT2D eigenvalue weighted by molar-refractivity contribution is 7.90. The lowest BCUT2D eigenvalue weighted by molar-refractivity contribution is 0.0638. The van der Waals surface area contributed by atoms with Crippen LogP contribution < -0.4 is 14.4 Å². The maximum atomic E-state index is 13.5. The molecular formula is C27H40N7O4P3S. The first kappa shape index (κ1) is 31.3. The molecule has 5 rings (SSSR count). The zero-order chi connectivity index (χ0) is 30.7. The second kappa shape index (κ2) is 11.1. The number of aromatic nitrogens is 5. The first-order valence-corrected chi connectivity index (χ1v) is 17.1. The molecule has 2 fully saturated rings. The number of aryl methyl sites for hydroxylation is 2. The molecule has 0 bridgehead atoms. The highest BCUT2D eigenvalue weighted by atomic mass is 32.2. The lowest BCUT2D eigenvalue weighted by atomic mass is 9.70. The van der Waals surface area contributed by atoms with Crippen molar-refractivity contribution in [2.75, 3.05) is 18.1 Å². The lowest BCUT2D eigenvalue weighted by Crippen LogP contribution is -2.45. The molecule has 1 aliphatic heterocycles. The lowest BCUT2D eigenvalue weighted by Gasteiger charge is -2.50. The fourth-order valence-electron chi connectivity index (χ4n) is 6.01. The van der Waals surface area contributed by atoms with E-state index in [1.54, 1.807) is 43.0 Å². The Labute approximate surface area is 254 Å². The second-order valence-electron chi connectivity index (χ2n) is 12.4. The summed E-state index contributed by atoms with van der Waals surface area (Å²) in [5.41, 5.74) is 0.207. The van der Waals surface area contributed by atoms with Crippen molar-refractivity contribution in [2.45, 2.75) is 68.5 Å².